The third kappa shape index (κ3) is 7.67. The van der Waals surface area contributed by atoms with Crippen LogP contribution in [0.25, 0.3) is 0 Å². The molecule has 0 unspecified atom stereocenters. The van der Waals surface area contributed by atoms with Gasteiger partial charge in [0.15, 0.2) is 5.82 Å². The first-order chi connectivity index (χ1) is 23.4. The molecule has 2 fully saturated rings. The third-order valence-electron chi connectivity index (χ3n) is 8.53. The smallest absolute Gasteiger partial charge is 0.247 e. The molecule has 4 aromatic rings. The number of carbonyl (C=O) groups is 1. The molecule has 48 heavy (non-hydrogen) atoms. The number of likely N-dealkylation sites (N-methyl/N-ethyl adjacent to an activating group) is 1. The van der Waals surface area contributed by atoms with Crippen molar-refractivity contribution < 1.29 is 23.5 Å². The summed E-state index contributed by atoms with van der Waals surface area (Å²) in [6.07, 6.45) is 3.51. The quantitative estimate of drug-likeness (QED) is 0.175. The van der Waals surface area contributed by atoms with Crippen molar-refractivity contribution in [3.05, 3.63) is 103 Å². The van der Waals surface area contributed by atoms with Crippen molar-refractivity contribution in [3.8, 4) is 11.5 Å². The fraction of sp³-hybridized carbons (Fsp3) is 0.306. The van der Waals surface area contributed by atoms with Gasteiger partial charge in [-0.05, 0) is 54.1 Å². The summed E-state index contributed by atoms with van der Waals surface area (Å²) in [7, 11) is 1.62. The van der Waals surface area contributed by atoms with Gasteiger partial charge in [0.1, 0.15) is 36.1 Å². The number of benzene rings is 3. The second-order valence-corrected chi connectivity index (χ2v) is 11.5. The number of anilines is 5. The van der Waals surface area contributed by atoms with Gasteiger partial charge < -0.3 is 29.9 Å². The van der Waals surface area contributed by atoms with Gasteiger partial charge in [0.25, 0.3) is 0 Å². The van der Waals surface area contributed by atoms with Crippen LogP contribution >= 0.6 is 0 Å². The van der Waals surface area contributed by atoms with Crippen LogP contribution in [0, 0.1) is 5.82 Å². The van der Waals surface area contributed by atoms with Crippen LogP contribution in [0.4, 0.5) is 33.1 Å². The van der Waals surface area contributed by atoms with Crippen molar-refractivity contribution in [2.75, 3.05) is 67.0 Å². The number of hydrogen-bond donors (Lipinski definition) is 2. The topological polar surface area (TPSA) is 104 Å². The number of amides is 1. The standard InChI is InChI=1S/C36H40FN7O4/c1-4-36(45)41-29-20-30(33(46-3)21-32(29)43-16-14-42(5-2)15-17-43)40-34-22-35(39-24-38-34)44-31(13-18-48-44)26-9-11-28(12-10-26)47-23-25-7-6-8-27(37)19-25/h4,6-12,19-22,24,31H,1,5,13-18,23H2,2-3H3,(H,41,45)(H,38,39,40)/t31-/m1/s1. The number of nitrogens with one attached hydrogen (secondary N) is 2. The Kier molecular flexibility index (Phi) is 10.3. The SMILES string of the molecule is C=CC(=O)Nc1cc(Nc2cc(N3OCC[C@@H]3c3ccc(OCc4cccc(F)c4)cc3)ncn2)c(OC)cc1N1CCN(CC)CC1. The highest BCUT2D eigenvalue weighted by Crippen LogP contribution is 2.40. The minimum absolute atomic E-state index is 0.0762. The molecule has 2 aliphatic heterocycles. The minimum Gasteiger partial charge on any atom is -0.494 e. The molecule has 1 aromatic heterocycles. The van der Waals surface area contributed by atoms with Crippen LogP contribution in [0.2, 0.25) is 0 Å². The predicted molar refractivity (Wildman–Crippen MR) is 184 cm³/mol. The number of aromatic nitrogens is 2. The maximum absolute atomic E-state index is 13.5. The van der Waals surface area contributed by atoms with Gasteiger partial charge in [0.2, 0.25) is 5.91 Å². The van der Waals surface area contributed by atoms with Crippen LogP contribution in [0.5, 0.6) is 11.5 Å². The van der Waals surface area contributed by atoms with Crippen LogP contribution in [-0.4, -0.2) is 67.2 Å². The van der Waals surface area contributed by atoms with Gasteiger partial charge in [-0.25, -0.2) is 19.4 Å². The molecule has 250 valence electrons. The lowest BCUT2D eigenvalue weighted by molar-refractivity contribution is -0.111. The summed E-state index contributed by atoms with van der Waals surface area (Å²) < 4.78 is 25.2. The van der Waals surface area contributed by atoms with E-state index in [0.29, 0.717) is 41.1 Å². The number of halogens is 1. The molecule has 3 heterocycles. The lowest BCUT2D eigenvalue weighted by Crippen LogP contribution is -2.46. The number of ether oxygens (including phenoxy) is 2. The zero-order valence-corrected chi connectivity index (χ0v) is 27.2. The molecule has 0 saturated carbocycles. The third-order valence-corrected chi connectivity index (χ3v) is 8.53. The maximum Gasteiger partial charge on any atom is 0.247 e. The fourth-order valence-corrected chi connectivity index (χ4v) is 5.94. The number of hydrogen-bond acceptors (Lipinski definition) is 10. The predicted octanol–water partition coefficient (Wildman–Crippen LogP) is 6.10. The molecule has 0 radical (unpaired) electrons. The number of carbonyl (C=O) groups excluding carboxylic acids is 1. The van der Waals surface area contributed by atoms with Crippen LogP contribution in [0.3, 0.4) is 0 Å². The Bertz CT molecular complexity index is 1730. The lowest BCUT2D eigenvalue weighted by Gasteiger charge is -2.36. The molecule has 2 aliphatic rings. The Labute approximate surface area is 279 Å². The van der Waals surface area contributed by atoms with Crippen LogP contribution in [-0.2, 0) is 16.2 Å². The zero-order valence-electron chi connectivity index (χ0n) is 27.2. The van der Waals surface area contributed by atoms with E-state index in [9.17, 15) is 9.18 Å². The summed E-state index contributed by atoms with van der Waals surface area (Å²) in [5, 5.41) is 8.12. The van der Waals surface area contributed by atoms with E-state index < -0.39 is 0 Å². The van der Waals surface area contributed by atoms with E-state index in [4.69, 9.17) is 14.3 Å². The molecule has 6 rings (SSSR count). The Morgan fingerprint density at radius 1 is 1.06 bits per heavy atom. The zero-order chi connectivity index (χ0) is 33.5. The van der Waals surface area contributed by atoms with Crippen molar-refractivity contribution >= 4 is 34.6 Å². The Morgan fingerprint density at radius 2 is 1.88 bits per heavy atom. The summed E-state index contributed by atoms with van der Waals surface area (Å²) >= 11 is 0. The van der Waals surface area contributed by atoms with E-state index >= 15 is 0 Å². The molecule has 3 aromatic carbocycles. The van der Waals surface area contributed by atoms with Gasteiger partial charge in [-0.3, -0.25) is 9.63 Å². The largest absolute Gasteiger partial charge is 0.494 e. The van der Waals surface area contributed by atoms with Crippen molar-refractivity contribution in [1.29, 1.82) is 0 Å². The first-order valence-electron chi connectivity index (χ1n) is 16.0. The molecule has 0 spiro atoms. The Morgan fingerprint density at radius 3 is 2.60 bits per heavy atom. The Balaban J connectivity index is 1.19. The molecular formula is C36H40FN7O4. The van der Waals surface area contributed by atoms with Crippen molar-refractivity contribution in [2.45, 2.75) is 26.0 Å². The van der Waals surface area contributed by atoms with Gasteiger partial charge in [-0.1, -0.05) is 37.8 Å². The minimum atomic E-state index is -0.299. The van der Waals surface area contributed by atoms with Gasteiger partial charge in [-0.15, -0.1) is 0 Å². The van der Waals surface area contributed by atoms with Gasteiger partial charge in [0, 0.05) is 44.7 Å². The molecule has 2 N–H and O–H groups in total. The molecule has 11 nitrogen and oxygen atoms in total. The molecule has 1 atom stereocenters. The number of hydroxylamine groups is 1. The maximum atomic E-state index is 13.5. The number of nitrogens with zero attached hydrogens (tertiary/aromatic N) is 5. The first kappa shape index (κ1) is 32.7. The molecule has 0 aliphatic carbocycles. The van der Waals surface area contributed by atoms with Gasteiger partial charge >= 0.3 is 0 Å². The fourth-order valence-electron chi connectivity index (χ4n) is 5.94. The van der Waals surface area contributed by atoms with Crippen LogP contribution < -0.4 is 30.1 Å². The van der Waals surface area contributed by atoms with Crippen LogP contribution in [0.1, 0.15) is 30.5 Å². The average Bonchev–Trinajstić information content (AvgIpc) is 3.62. The van der Waals surface area contributed by atoms with Crippen molar-refractivity contribution in [1.82, 2.24) is 14.9 Å². The normalized spacial score (nSPS) is 16.4. The highest BCUT2D eigenvalue weighted by atomic mass is 19.1. The lowest BCUT2D eigenvalue weighted by atomic mass is 10.0. The second kappa shape index (κ2) is 15.1. The van der Waals surface area contributed by atoms with E-state index in [0.717, 1.165) is 56.0 Å². The van der Waals surface area contributed by atoms with Crippen LogP contribution in [0.15, 0.2) is 85.7 Å². The first-order valence-corrected chi connectivity index (χ1v) is 16.0. The van der Waals surface area contributed by atoms with Crippen molar-refractivity contribution in [3.63, 3.8) is 0 Å². The number of rotatable bonds is 12. The Hall–Kier alpha value is -5.20. The summed E-state index contributed by atoms with van der Waals surface area (Å²) in [6, 6.07) is 19.7. The highest BCUT2D eigenvalue weighted by molar-refractivity contribution is 6.02. The summed E-state index contributed by atoms with van der Waals surface area (Å²) in [4.78, 5) is 32.1. The van der Waals surface area contributed by atoms with E-state index in [2.05, 4.69) is 43.9 Å². The number of piperazine rings is 1. The highest BCUT2D eigenvalue weighted by Gasteiger charge is 2.29. The molecular weight excluding hydrogens is 613 g/mol. The van der Waals surface area contributed by atoms with Crippen molar-refractivity contribution in [2.24, 2.45) is 0 Å². The van der Waals surface area contributed by atoms with E-state index in [1.54, 1.807) is 18.2 Å². The van der Waals surface area contributed by atoms with E-state index in [-0.39, 0.29) is 24.4 Å². The number of methoxy groups -OCH3 is 1. The average molecular weight is 654 g/mol. The second-order valence-electron chi connectivity index (χ2n) is 11.5. The summed E-state index contributed by atoms with van der Waals surface area (Å²) in [5.41, 5.74) is 3.96. The van der Waals surface area contributed by atoms with Gasteiger partial charge in [-0.2, -0.15) is 0 Å². The van der Waals surface area contributed by atoms with Gasteiger partial charge in [0.05, 0.1) is 36.8 Å². The molecule has 2 saturated heterocycles. The molecule has 0 bridgehead atoms. The molecule has 1 amide bonds. The monoisotopic (exact) mass is 653 g/mol. The van der Waals surface area contributed by atoms with E-state index in [1.807, 2.05) is 48.5 Å². The van der Waals surface area contributed by atoms with E-state index in [1.165, 1.54) is 24.5 Å². The summed E-state index contributed by atoms with van der Waals surface area (Å²) in [5.74, 6) is 1.83. The summed E-state index contributed by atoms with van der Waals surface area (Å²) in [6.45, 7) is 11.1. The molecule has 12 heteroatoms.